The molecule has 0 N–H and O–H groups in total. The summed E-state index contributed by atoms with van der Waals surface area (Å²) < 4.78 is 4.63. The summed E-state index contributed by atoms with van der Waals surface area (Å²) in [4.78, 5) is 10.5. The molecular weight excluding hydrogens is 264 g/mol. The molecule has 0 atom stereocenters. The van der Waals surface area contributed by atoms with Gasteiger partial charge in [-0.3, -0.25) is 0 Å². The van der Waals surface area contributed by atoms with Gasteiger partial charge in [-0.05, 0) is 50.9 Å². The van der Waals surface area contributed by atoms with Crippen molar-refractivity contribution in [3.8, 4) is 0 Å². The molecule has 2 aromatic carbocycles. The smallest absolute Gasteiger partial charge is 0.393 e. The van der Waals surface area contributed by atoms with Gasteiger partial charge < -0.3 is 4.74 Å². The Morgan fingerprint density at radius 1 is 1.05 bits per heavy atom. The molecule has 2 aromatic rings. The highest BCUT2D eigenvalue weighted by atomic mass is 16.7. The van der Waals surface area contributed by atoms with E-state index in [9.17, 15) is 9.90 Å². The first-order valence-electron chi connectivity index (χ1n) is 6.76. The minimum Gasteiger partial charge on any atom is -0.393 e. The van der Waals surface area contributed by atoms with Crippen LogP contribution in [0.4, 0.5) is 4.79 Å². The van der Waals surface area contributed by atoms with Crippen molar-refractivity contribution in [2.24, 2.45) is 0 Å². The van der Waals surface area contributed by atoms with Gasteiger partial charge in [0.05, 0.1) is 0 Å². The second kappa shape index (κ2) is 4.35. The zero-order valence-corrected chi connectivity index (χ0v) is 11.1. The van der Waals surface area contributed by atoms with E-state index >= 15 is 0 Å². The molecule has 0 saturated heterocycles. The van der Waals surface area contributed by atoms with Crippen LogP contribution in [0.2, 0.25) is 0 Å². The predicted octanol–water partition coefficient (Wildman–Crippen LogP) is 2.43. The van der Waals surface area contributed by atoms with Crippen molar-refractivity contribution < 1.29 is 14.6 Å². The normalized spacial score (nSPS) is 14.8. The quantitative estimate of drug-likeness (QED) is 0.750. The number of hydrogen-bond acceptors (Lipinski definition) is 2. The zero-order valence-electron chi connectivity index (χ0n) is 11.1. The van der Waals surface area contributed by atoms with Crippen molar-refractivity contribution in [1.82, 2.24) is 0 Å². The number of benzene rings is 2. The number of fused-ring (bicyclic) bond motifs is 5. The van der Waals surface area contributed by atoms with Gasteiger partial charge >= 0.3 is 6.16 Å². The van der Waals surface area contributed by atoms with Gasteiger partial charge in [0.15, 0.2) is 0 Å². The zero-order chi connectivity index (χ0) is 14.4. The number of hydrogen-bond donors (Lipinski definition) is 0. The lowest BCUT2D eigenvalue weighted by molar-refractivity contribution is 0.0963. The monoisotopic (exact) mass is 275 g/mol. The number of rotatable bonds is 1. The fourth-order valence-corrected chi connectivity index (χ4v) is 3.05. The largest absolute Gasteiger partial charge is 0.555 e. The van der Waals surface area contributed by atoms with Crippen molar-refractivity contribution >= 4 is 35.2 Å². The molecule has 1 radical (unpaired) electrons. The molecule has 2 aliphatic carbocycles. The Kier molecular flexibility index (Phi) is 2.48. The van der Waals surface area contributed by atoms with Crippen molar-refractivity contribution in [1.29, 1.82) is 0 Å². The van der Waals surface area contributed by atoms with Crippen LogP contribution in [0, 0.1) is 0 Å². The minimum atomic E-state index is -1.53. The van der Waals surface area contributed by atoms with Crippen LogP contribution in [0.5, 0.6) is 0 Å². The van der Waals surface area contributed by atoms with Gasteiger partial charge in [-0.25, -0.2) is 0 Å². The van der Waals surface area contributed by atoms with Crippen LogP contribution in [-0.2, 0) is 16.3 Å². The molecule has 2 aliphatic rings. The van der Waals surface area contributed by atoms with Gasteiger partial charge in [0.2, 0.25) is 0 Å². The molecule has 3 heteroatoms. The maximum atomic E-state index is 10.5. The molecule has 0 unspecified atom stereocenters. The first kappa shape index (κ1) is 12.0. The number of allylic oxidation sites excluding steroid dienone is 3. The van der Waals surface area contributed by atoms with E-state index in [1.54, 1.807) is 12.2 Å². The lowest BCUT2D eigenvalue weighted by Gasteiger charge is -2.12. The van der Waals surface area contributed by atoms with Gasteiger partial charge in [-0.2, -0.15) is 9.90 Å². The summed E-state index contributed by atoms with van der Waals surface area (Å²) in [5, 5.41) is 15.2. The molecule has 0 fully saturated rings. The average molecular weight is 275 g/mol. The third kappa shape index (κ3) is 1.86. The first-order chi connectivity index (χ1) is 10.2. The summed E-state index contributed by atoms with van der Waals surface area (Å²) >= 11 is 0. The van der Waals surface area contributed by atoms with Crippen molar-refractivity contribution in [3.63, 3.8) is 0 Å². The molecule has 0 aliphatic heterocycles. The van der Waals surface area contributed by atoms with E-state index in [4.69, 9.17) is 0 Å². The second-order valence-electron chi connectivity index (χ2n) is 5.13. The summed E-state index contributed by atoms with van der Waals surface area (Å²) in [5.41, 5.74) is 2.44. The van der Waals surface area contributed by atoms with Crippen molar-refractivity contribution in [2.75, 3.05) is 0 Å². The lowest BCUT2D eigenvalue weighted by atomic mass is 9.94. The molecule has 0 amide bonds. The van der Waals surface area contributed by atoms with Crippen molar-refractivity contribution in [2.45, 2.75) is 6.42 Å². The molecule has 101 valence electrons. The van der Waals surface area contributed by atoms with Crippen LogP contribution in [0.3, 0.4) is 0 Å². The summed E-state index contributed by atoms with van der Waals surface area (Å²) in [6, 6.07) is 8.34. The van der Waals surface area contributed by atoms with E-state index in [1.165, 1.54) is 27.1 Å². The highest BCUT2D eigenvalue weighted by molar-refractivity contribution is 5.96. The van der Waals surface area contributed by atoms with Gasteiger partial charge in [0.25, 0.3) is 0 Å². The topological polar surface area (TPSA) is 46.2 Å². The first-order valence-corrected chi connectivity index (χ1v) is 6.76. The van der Waals surface area contributed by atoms with Gasteiger partial charge in [-0.15, -0.1) is 0 Å². The summed E-state index contributed by atoms with van der Waals surface area (Å²) in [6.07, 6.45) is 8.92. The standard InChI is InChI=1S/C18H11O3/c19-18(20)21-13-6-9-15-12(10-13)5-8-16-14-3-1-2-11(14)4-7-17(15)16/h1-8,10H,9H2. The van der Waals surface area contributed by atoms with Crippen LogP contribution in [-0.4, -0.2) is 6.16 Å². The number of carbonyl (C=O) groups is 1. The third-order valence-corrected chi connectivity index (χ3v) is 3.97. The van der Waals surface area contributed by atoms with E-state index < -0.39 is 6.16 Å². The molecule has 21 heavy (non-hydrogen) atoms. The highest BCUT2D eigenvalue weighted by Crippen LogP contribution is 2.23. The van der Waals surface area contributed by atoms with Crippen LogP contribution in [0.15, 0.2) is 42.2 Å². The van der Waals surface area contributed by atoms with Gasteiger partial charge in [-0.1, -0.05) is 42.5 Å². The van der Waals surface area contributed by atoms with Gasteiger partial charge in [0, 0.05) is 0 Å². The Hall–Kier alpha value is -2.81. The average Bonchev–Trinajstić information content (AvgIpc) is 2.94. The Morgan fingerprint density at radius 2 is 1.86 bits per heavy atom. The minimum absolute atomic E-state index is 0.330. The molecular formula is C18H11O3. The maximum absolute atomic E-state index is 10.5. The van der Waals surface area contributed by atoms with E-state index in [-0.39, 0.29) is 0 Å². The molecule has 0 heterocycles. The van der Waals surface area contributed by atoms with E-state index in [0.717, 1.165) is 5.22 Å². The Balaban J connectivity index is 1.94. The fourth-order valence-electron chi connectivity index (χ4n) is 3.05. The second-order valence-corrected chi connectivity index (χ2v) is 5.13. The SMILES string of the molecule is [O]C(=O)OC1=CCc2c(ccc3c4c(ccc23)=CC=C4)=C1. The fraction of sp³-hybridized carbons (Fsp3) is 0.0556. The lowest BCUT2D eigenvalue weighted by Crippen LogP contribution is -2.16. The van der Waals surface area contributed by atoms with E-state index in [0.29, 0.717) is 12.2 Å². The molecule has 0 spiro atoms. The summed E-state index contributed by atoms with van der Waals surface area (Å²) in [5.74, 6) is 0.330. The molecule has 0 aromatic heterocycles. The van der Waals surface area contributed by atoms with Crippen LogP contribution in [0.25, 0.3) is 29.0 Å². The molecule has 3 nitrogen and oxygen atoms in total. The summed E-state index contributed by atoms with van der Waals surface area (Å²) in [7, 11) is 0. The Morgan fingerprint density at radius 3 is 2.71 bits per heavy atom. The van der Waals surface area contributed by atoms with Gasteiger partial charge in [0.1, 0.15) is 5.76 Å². The highest BCUT2D eigenvalue weighted by Gasteiger charge is 2.13. The van der Waals surface area contributed by atoms with Crippen LogP contribution in [0.1, 0.15) is 11.1 Å². The van der Waals surface area contributed by atoms with Crippen LogP contribution >= 0.6 is 0 Å². The van der Waals surface area contributed by atoms with Crippen molar-refractivity contribution in [3.05, 3.63) is 63.7 Å². The molecule has 0 bridgehead atoms. The van der Waals surface area contributed by atoms with E-state index in [1.807, 2.05) is 6.07 Å². The Labute approximate surface area is 120 Å². The number of ether oxygens (including phenoxy) is 1. The summed E-state index contributed by atoms with van der Waals surface area (Å²) in [6.45, 7) is 0. The third-order valence-electron chi connectivity index (χ3n) is 3.97. The predicted molar refractivity (Wildman–Crippen MR) is 80.1 cm³/mol. The molecule has 0 saturated carbocycles. The molecule has 4 rings (SSSR count). The Bertz CT molecular complexity index is 962. The maximum Gasteiger partial charge on any atom is 0.555 e. The van der Waals surface area contributed by atoms with Crippen LogP contribution < -0.4 is 10.4 Å². The number of carbonyl (C=O) groups excluding carboxylic acids is 1. The van der Waals surface area contributed by atoms with E-state index in [2.05, 4.69) is 41.2 Å².